The number of aromatic nitrogens is 4. The predicted octanol–water partition coefficient (Wildman–Crippen LogP) is 8.59. The smallest absolute Gasteiger partial charge is 0.164 e. The molecule has 0 atom stereocenters. The van der Waals surface area contributed by atoms with Gasteiger partial charge in [-0.2, -0.15) is 0 Å². The molecule has 0 radical (unpaired) electrons. The van der Waals surface area contributed by atoms with Crippen molar-refractivity contribution in [2.45, 2.75) is 13.3 Å². The number of fused-ring (bicyclic) bond motifs is 6. The van der Waals surface area contributed by atoms with Gasteiger partial charge in [-0.15, -0.1) is 11.3 Å². The van der Waals surface area contributed by atoms with Crippen molar-refractivity contribution in [3.8, 4) is 39.9 Å². The summed E-state index contributed by atoms with van der Waals surface area (Å²) >= 11 is 1.82. The third-order valence-electron chi connectivity index (χ3n) is 8.76. The first-order valence-electron chi connectivity index (χ1n) is 15.5. The molecule has 5 heteroatoms. The molecule has 46 heavy (non-hydrogen) atoms. The average Bonchev–Trinajstić information content (AvgIpc) is 3.66. The summed E-state index contributed by atoms with van der Waals surface area (Å²) in [6.45, 7) is 2.15. The fraction of sp³-hybridized carbons (Fsp3) is 0.0488. The average molecular weight is 609 g/mol. The number of thiophene rings is 1. The zero-order valence-corrected chi connectivity index (χ0v) is 26.0. The monoisotopic (exact) mass is 608 g/mol. The molecule has 1 aliphatic carbocycles. The van der Waals surface area contributed by atoms with Gasteiger partial charge in [-0.3, -0.25) is 0 Å². The zero-order chi connectivity index (χ0) is 30.6. The summed E-state index contributed by atoms with van der Waals surface area (Å²) in [5.74, 6) is 1.97. The largest absolute Gasteiger partial charge is 0.309 e. The van der Waals surface area contributed by atoms with E-state index in [4.69, 9.17) is 15.0 Å². The molecule has 0 amide bonds. The molecule has 218 valence electrons. The van der Waals surface area contributed by atoms with Gasteiger partial charge in [-0.1, -0.05) is 97.1 Å². The number of para-hydroxylation sites is 1. The fourth-order valence-electron chi connectivity index (χ4n) is 6.74. The lowest BCUT2D eigenvalue weighted by atomic mass is 10.1. The van der Waals surface area contributed by atoms with Gasteiger partial charge in [-0.25, -0.2) is 15.0 Å². The molecule has 0 aliphatic heterocycles. The van der Waals surface area contributed by atoms with Crippen molar-refractivity contribution in [1.29, 1.82) is 0 Å². The molecule has 1 aliphatic rings. The van der Waals surface area contributed by atoms with Crippen LogP contribution in [0.5, 0.6) is 0 Å². The van der Waals surface area contributed by atoms with E-state index in [9.17, 15) is 0 Å². The van der Waals surface area contributed by atoms with E-state index in [0.717, 1.165) is 34.4 Å². The van der Waals surface area contributed by atoms with Crippen LogP contribution in [0.15, 0.2) is 127 Å². The summed E-state index contributed by atoms with van der Waals surface area (Å²) in [6.07, 6.45) is 5.65. The molecule has 3 heterocycles. The van der Waals surface area contributed by atoms with E-state index < -0.39 is 0 Å². The van der Waals surface area contributed by atoms with E-state index in [0.29, 0.717) is 17.5 Å². The minimum atomic E-state index is 0.654. The Bertz CT molecular complexity index is 2610. The number of benzene rings is 5. The first kappa shape index (κ1) is 26.7. The van der Waals surface area contributed by atoms with E-state index in [2.05, 4.69) is 89.7 Å². The van der Waals surface area contributed by atoms with Crippen LogP contribution >= 0.6 is 11.3 Å². The lowest BCUT2D eigenvalue weighted by molar-refractivity contribution is 1.07. The fourth-order valence-corrected chi connectivity index (χ4v) is 7.68. The molecule has 0 N–H and O–H groups in total. The highest BCUT2D eigenvalue weighted by atomic mass is 32.1. The van der Waals surface area contributed by atoms with Gasteiger partial charge in [0, 0.05) is 37.7 Å². The molecule has 3 aromatic heterocycles. The Hall–Kier alpha value is -5.65. The molecular formula is C41H28N4S. The van der Waals surface area contributed by atoms with E-state index in [-0.39, 0.29) is 0 Å². The van der Waals surface area contributed by atoms with Crippen molar-refractivity contribution in [1.82, 2.24) is 19.5 Å². The van der Waals surface area contributed by atoms with E-state index >= 15 is 0 Å². The van der Waals surface area contributed by atoms with Crippen LogP contribution in [0.1, 0.15) is 12.0 Å². The molecular weight excluding hydrogens is 581 g/mol. The van der Waals surface area contributed by atoms with Crippen LogP contribution in [0.4, 0.5) is 0 Å². The Kier molecular flexibility index (Phi) is 6.25. The summed E-state index contributed by atoms with van der Waals surface area (Å²) in [5.41, 5.74) is 7.47. The molecule has 8 aromatic rings. The van der Waals surface area contributed by atoms with Gasteiger partial charge in [0.1, 0.15) is 0 Å². The maximum absolute atomic E-state index is 5.03. The van der Waals surface area contributed by atoms with Gasteiger partial charge < -0.3 is 4.57 Å². The van der Waals surface area contributed by atoms with Gasteiger partial charge in [0.15, 0.2) is 17.5 Å². The molecule has 5 aromatic carbocycles. The third kappa shape index (κ3) is 4.39. The number of nitrogens with zero attached hydrogens (tertiary/aromatic N) is 4. The van der Waals surface area contributed by atoms with Crippen molar-refractivity contribution in [3.05, 3.63) is 152 Å². The van der Waals surface area contributed by atoms with E-state index in [1.54, 1.807) is 0 Å². The lowest BCUT2D eigenvalue weighted by Crippen LogP contribution is -2.06. The molecule has 0 bridgehead atoms. The highest BCUT2D eigenvalue weighted by Gasteiger charge is 2.17. The third-order valence-corrected chi connectivity index (χ3v) is 9.72. The van der Waals surface area contributed by atoms with Gasteiger partial charge >= 0.3 is 0 Å². The number of rotatable bonds is 4. The maximum Gasteiger partial charge on any atom is 0.164 e. The van der Waals surface area contributed by atoms with Crippen LogP contribution in [-0.4, -0.2) is 19.5 Å². The molecule has 0 spiro atoms. The van der Waals surface area contributed by atoms with Crippen molar-refractivity contribution in [2.24, 2.45) is 0 Å². The second kappa shape index (κ2) is 10.8. The summed E-state index contributed by atoms with van der Waals surface area (Å²) in [4.78, 5) is 15.0. The quantitative estimate of drug-likeness (QED) is 0.201. The summed E-state index contributed by atoms with van der Waals surface area (Å²) in [5, 5.41) is 8.70. The standard InChI is InChI=1S/C41H28N4S/c1-26-23-30(41-43-39(28-11-4-2-5-12-28)42-40(44-41)29-13-6-3-7-14-29)25-31(24-26)45-35-18-9-8-16-34(35)37-32-17-10-15-27-21-22-46-38(27)33(32)19-20-36(37)45/h2-9,11-25H,10H2,1H3. The summed E-state index contributed by atoms with van der Waals surface area (Å²) < 4.78 is 3.75. The molecule has 0 saturated carbocycles. The van der Waals surface area contributed by atoms with Gasteiger partial charge in [0.2, 0.25) is 0 Å². The minimum absolute atomic E-state index is 0.654. The van der Waals surface area contributed by atoms with Gasteiger partial charge in [0.05, 0.1) is 11.0 Å². The van der Waals surface area contributed by atoms with Crippen LogP contribution in [0.3, 0.4) is 0 Å². The molecule has 9 rings (SSSR count). The molecule has 0 fully saturated rings. The number of hydrogen-bond acceptors (Lipinski definition) is 4. The second-order valence-electron chi connectivity index (χ2n) is 11.7. The Morgan fingerprint density at radius 1 is 0.609 bits per heavy atom. The van der Waals surface area contributed by atoms with Crippen molar-refractivity contribution in [2.75, 3.05) is 0 Å². The molecule has 4 nitrogen and oxygen atoms in total. The predicted molar refractivity (Wildman–Crippen MR) is 190 cm³/mol. The maximum atomic E-state index is 5.03. The van der Waals surface area contributed by atoms with Gasteiger partial charge in [-0.05, 0) is 76.3 Å². The lowest BCUT2D eigenvalue weighted by Gasteiger charge is -2.13. The Balaban J connectivity index is 1.31. The minimum Gasteiger partial charge on any atom is -0.309 e. The van der Waals surface area contributed by atoms with Crippen LogP contribution in [0.25, 0.3) is 73.8 Å². The molecule has 0 saturated heterocycles. The van der Waals surface area contributed by atoms with Gasteiger partial charge in [0.25, 0.3) is 0 Å². The van der Waals surface area contributed by atoms with Crippen LogP contribution < -0.4 is 10.4 Å². The Morgan fingerprint density at radius 3 is 2.02 bits per heavy atom. The van der Waals surface area contributed by atoms with E-state index in [1.165, 1.54) is 42.0 Å². The highest BCUT2D eigenvalue weighted by Crippen LogP contribution is 2.33. The highest BCUT2D eigenvalue weighted by molar-refractivity contribution is 7.08. The van der Waals surface area contributed by atoms with Crippen molar-refractivity contribution < 1.29 is 0 Å². The molecule has 0 unspecified atom stereocenters. The first-order chi connectivity index (χ1) is 22.7. The summed E-state index contributed by atoms with van der Waals surface area (Å²) in [6, 6.07) is 42.5. The van der Waals surface area contributed by atoms with Crippen LogP contribution in [0, 0.1) is 16.7 Å². The number of hydrogen-bond donors (Lipinski definition) is 0. The van der Waals surface area contributed by atoms with Crippen molar-refractivity contribution >= 4 is 45.3 Å². The van der Waals surface area contributed by atoms with Crippen LogP contribution in [0.2, 0.25) is 0 Å². The Morgan fingerprint density at radius 2 is 1.28 bits per heavy atom. The summed E-state index contributed by atoms with van der Waals surface area (Å²) in [7, 11) is 0. The first-order valence-corrected chi connectivity index (χ1v) is 16.4. The number of aryl methyl sites for hydroxylation is 1. The SMILES string of the molecule is Cc1cc(-c2nc(-c3ccccc3)nc(-c3ccccc3)n2)cc(-n2c3ccccc3c3c4c(ccc32)=c2sccc2=CCC=4)c1. The van der Waals surface area contributed by atoms with E-state index in [1.807, 2.05) is 72.0 Å². The second-order valence-corrected chi connectivity index (χ2v) is 12.6. The normalized spacial score (nSPS) is 12.3. The Labute approximate surface area is 269 Å². The zero-order valence-electron chi connectivity index (χ0n) is 25.2. The van der Waals surface area contributed by atoms with Crippen molar-refractivity contribution in [3.63, 3.8) is 0 Å². The topological polar surface area (TPSA) is 43.6 Å². The van der Waals surface area contributed by atoms with Crippen LogP contribution in [-0.2, 0) is 0 Å².